The number of alkyl halides is 2. The number of halogens is 3. The number of amides is 2. The van der Waals surface area contributed by atoms with Crippen molar-refractivity contribution in [1.82, 2.24) is 5.32 Å². The van der Waals surface area contributed by atoms with E-state index >= 15 is 0 Å². The largest absolute Gasteiger partial charge is 0.481 e. The first-order valence-electron chi connectivity index (χ1n) is 7.40. The molecular weight excluding hydrogens is 329 g/mol. The van der Waals surface area contributed by atoms with Crippen molar-refractivity contribution in [3.05, 3.63) is 24.0 Å². The summed E-state index contributed by atoms with van der Waals surface area (Å²) in [6.07, 6.45) is 1.93. The molecule has 2 rings (SSSR count). The van der Waals surface area contributed by atoms with Gasteiger partial charge in [0.05, 0.1) is 11.6 Å². The molecule has 1 aliphatic carbocycles. The Kier molecular flexibility index (Phi) is 5.88. The van der Waals surface area contributed by atoms with Crippen LogP contribution < -0.4 is 15.4 Å². The number of hydrogen-bond donors (Lipinski definition) is 3. The number of aliphatic carboxylic acids is 1. The third-order valence-corrected chi connectivity index (χ3v) is 3.82. The van der Waals surface area contributed by atoms with E-state index in [9.17, 15) is 22.8 Å². The fraction of sp³-hybridized carbons (Fsp3) is 0.467. The quantitative estimate of drug-likeness (QED) is 0.764. The number of carboxylic acids is 1. The Balaban J connectivity index is 1.92. The lowest BCUT2D eigenvalue weighted by atomic mass is 9.86. The molecule has 0 saturated heterocycles. The Hall–Kier alpha value is -2.45. The first-order chi connectivity index (χ1) is 11.3. The van der Waals surface area contributed by atoms with Gasteiger partial charge in [-0.05, 0) is 37.8 Å². The first-order valence-corrected chi connectivity index (χ1v) is 7.40. The highest BCUT2D eigenvalue weighted by atomic mass is 19.3. The lowest BCUT2D eigenvalue weighted by Gasteiger charge is -2.27. The lowest BCUT2D eigenvalue weighted by Crippen LogP contribution is -2.41. The predicted molar refractivity (Wildman–Crippen MR) is 78.6 cm³/mol. The fourth-order valence-electron chi connectivity index (χ4n) is 2.62. The van der Waals surface area contributed by atoms with Gasteiger partial charge in [-0.25, -0.2) is 9.18 Å². The van der Waals surface area contributed by atoms with Crippen LogP contribution in [0.1, 0.15) is 25.7 Å². The van der Waals surface area contributed by atoms with Gasteiger partial charge < -0.3 is 20.5 Å². The van der Waals surface area contributed by atoms with Crippen molar-refractivity contribution >= 4 is 17.7 Å². The molecule has 0 aliphatic heterocycles. The molecule has 0 bridgehead atoms. The monoisotopic (exact) mass is 346 g/mol. The molecule has 0 radical (unpaired) electrons. The van der Waals surface area contributed by atoms with E-state index in [4.69, 9.17) is 5.11 Å². The maximum Gasteiger partial charge on any atom is 0.387 e. The van der Waals surface area contributed by atoms with Crippen molar-refractivity contribution in [3.63, 3.8) is 0 Å². The van der Waals surface area contributed by atoms with Crippen LogP contribution in [0.2, 0.25) is 0 Å². The molecule has 6 nitrogen and oxygen atoms in total. The fourth-order valence-corrected chi connectivity index (χ4v) is 2.62. The summed E-state index contributed by atoms with van der Waals surface area (Å²) < 4.78 is 41.9. The van der Waals surface area contributed by atoms with Gasteiger partial charge in [-0.3, -0.25) is 4.79 Å². The molecule has 1 fully saturated rings. The van der Waals surface area contributed by atoms with Gasteiger partial charge >= 0.3 is 18.6 Å². The normalized spacial score (nSPS) is 20.5. The highest BCUT2D eigenvalue weighted by molar-refractivity contribution is 5.91. The summed E-state index contributed by atoms with van der Waals surface area (Å²) in [5, 5.41) is 13.9. The van der Waals surface area contributed by atoms with Crippen LogP contribution in [-0.2, 0) is 4.79 Å². The summed E-state index contributed by atoms with van der Waals surface area (Å²) >= 11 is 0. The molecule has 0 aromatic heterocycles. The van der Waals surface area contributed by atoms with E-state index in [1.807, 2.05) is 0 Å². The minimum Gasteiger partial charge on any atom is -0.481 e. The van der Waals surface area contributed by atoms with Crippen LogP contribution in [0.25, 0.3) is 0 Å². The summed E-state index contributed by atoms with van der Waals surface area (Å²) in [4.78, 5) is 22.8. The number of carbonyl (C=O) groups excluding carboxylic acids is 1. The average molecular weight is 346 g/mol. The van der Waals surface area contributed by atoms with Crippen molar-refractivity contribution in [2.45, 2.75) is 38.3 Å². The van der Waals surface area contributed by atoms with Crippen molar-refractivity contribution in [1.29, 1.82) is 0 Å². The molecule has 0 unspecified atom stereocenters. The zero-order valence-electron chi connectivity index (χ0n) is 12.6. The van der Waals surface area contributed by atoms with E-state index in [0.717, 1.165) is 18.2 Å². The highest BCUT2D eigenvalue weighted by Crippen LogP contribution is 2.28. The number of anilines is 1. The SMILES string of the molecule is O=C(Nc1ccc(F)cc1OC(F)F)NC1CCC(C(=O)O)CC1. The second kappa shape index (κ2) is 7.89. The van der Waals surface area contributed by atoms with Gasteiger partial charge in [-0.1, -0.05) is 0 Å². The van der Waals surface area contributed by atoms with Crippen molar-refractivity contribution in [3.8, 4) is 5.75 Å². The van der Waals surface area contributed by atoms with Gasteiger partial charge in [-0.2, -0.15) is 8.78 Å². The van der Waals surface area contributed by atoms with Gasteiger partial charge in [0.15, 0.2) is 5.75 Å². The molecule has 132 valence electrons. The third kappa shape index (κ3) is 5.04. The molecule has 1 aromatic rings. The maximum absolute atomic E-state index is 13.1. The molecule has 1 aromatic carbocycles. The van der Waals surface area contributed by atoms with Gasteiger partial charge in [0.2, 0.25) is 0 Å². The average Bonchev–Trinajstić information content (AvgIpc) is 2.50. The van der Waals surface area contributed by atoms with Crippen LogP contribution in [0.4, 0.5) is 23.7 Å². The van der Waals surface area contributed by atoms with Crippen LogP contribution in [-0.4, -0.2) is 29.8 Å². The molecule has 1 aliphatic rings. The Morgan fingerprint density at radius 1 is 1.21 bits per heavy atom. The molecule has 2 amide bonds. The van der Waals surface area contributed by atoms with Crippen molar-refractivity contribution in [2.75, 3.05) is 5.32 Å². The molecule has 0 heterocycles. The number of carbonyl (C=O) groups is 2. The van der Waals surface area contributed by atoms with Gasteiger partial charge in [0, 0.05) is 12.1 Å². The number of carboxylic acid groups (broad SMARTS) is 1. The molecule has 24 heavy (non-hydrogen) atoms. The third-order valence-electron chi connectivity index (χ3n) is 3.82. The highest BCUT2D eigenvalue weighted by Gasteiger charge is 2.26. The maximum atomic E-state index is 13.1. The number of hydrogen-bond acceptors (Lipinski definition) is 3. The number of urea groups is 1. The summed E-state index contributed by atoms with van der Waals surface area (Å²) in [6, 6.07) is 2.01. The van der Waals surface area contributed by atoms with Gasteiger partial charge in [-0.15, -0.1) is 0 Å². The summed E-state index contributed by atoms with van der Waals surface area (Å²) in [5.41, 5.74) is -0.0894. The van der Waals surface area contributed by atoms with E-state index in [0.29, 0.717) is 25.7 Å². The molecular formula is C15H17F3N2O4. The van der Waals surface area contributed by atoms with Crippen LogP contribution in [0.5, 0.6) is 5.75 Å². The Bertz CT molecular complexity index is 604. The zero-order chi connectivity index (χ0) is 17.7. The zero-order valence-corrected chi connectivity index (χ0v) is 12.6. The summed E-state index contributed by atoms with van der Waals surface area (Å²) in [6.45, 7) is -3.15. The van der Waals surface area contributed by atoms with E-state index in [1.54, 1.807) is 0 Å². The predicted octanol–water partition coefficient (Wildman–Crippen LogP) is 3.19. The summed E-state index contributed by atoms with van der Waals surface area (Å²) in [7, 11) is 0. The minimum atomic E-state index is -3.15. The molecule has 9 heteroatoms. The number of ether oxygens (including phenoxy) is 1. The van der Waals surface area contributed by atoms with E-state index in [1.165, 1.54) is 0 Å². The van der Waals surface area contributed by atoms with Crippen LogP contribution in [0, 0.1) is 11.7 Å². The number of benzene rings is 1. The lowest BCUT2D eigenvalue weighted by molar-refractivity contribution is -0.142. The van der Waals surface area contributed by atoms with Gasteiger partial charge in [0.25, 0.3) is 0 Å². The molecule has 1 saturated carbocycles. The summed E-state index contributed by atoms with van der Waals surface area (Å²) in [5.74, 6) is -2.51. The molecule has 0 spiro atoms. The molecule has 0 atom stereocenters. The standard InChI is InChI=1S/C15H17F3N2O4/c16-9-3-6-11(12(7-9)24-14(17)18)20-15(23)19-10-4-1-8(2-5-10)13(21)22/h3,6-8,10,14H,1-2,4-5H2,(H,21,22)(H2,19,20,23). The molecule has 3 N–H and O–H groups in total. The van der Waals surface area contributed by atoms with Crippen LogP contribution in [0.3, 0.4) is 0 Å². The Labute approximate surface area is 136 Å². The minimum absolute atomic E-state index is 0.0894. The van der Waals surface area contributed by atoms with E-state index < -0.39 is 36.1 Å². The second-order valence-electron chi connectivity index (χ2n) is 5.50. The van der Waals surface area contributed by atoms with E-state index in [2.05, 4.69) is 15.4 Å². The van der Waals surface area contributed by atoms with Crippen LogP contribution >= 0.6 is 0 Å². The number of nitrogens with one attached hydrogen (secondary N) is 2. The Morgan fingerprint density at radius 2 is 1.88 bits per heavy atom. The van der Waals surface area contributed by atoms with Crippen molar-refractivity contribution in [2.24, 2.45) is 5.92 Å². The van der Waals surface area contributed by atoms with Gasteiger partial charge in [0.1, 0.15) is 5.82 Å². The Morgan fingerprint density at radius 3 is 2.46 bits per heavy atom. The first kappa shape index (κ1) is 17.9. The van der Waals surface area contributed by atoms with Crippen LogP contribution in [0.15, 0.2) is 18.2 Å². The topological polar surface area (TPSA) is 87.7 Å². The second-order valence-corrected chi connectivity index (χ2v) is 5.50. The van der Waals surface area contributed by atoms with Crippen molar-refractivity contribution < 1.29 is 32.6 Å². The number of rotatable bonds is 5. The smallest absolute Gasteiger partial charge is 0.387 e. The van der Waals surface area contributed by atoms with E-state index in [-0.39, 0.29) is 11.7 Å².